The van der Waals surface area contributed by atoms with Gasteiger partial charge in [-0.2, -0.15) is 3.89 Å². The molecule has 0 fully saturated rings. The van der Waals surface area contributed by atoms with E-state index < -0.39 is 5.97 Å². The SMILES string of the molecule is O=C(O)c1cc(O)c2c(SF)cccc2n1. The molecule has 0 saturated carbocycles. The van der Waals surface area contributed by atoms with Gasteiger partial charge in [0.05, 0.1) is 27.9 Å². The fraction of sp³-hybridized carbons (Fsp3) is 0. The molecule has 0 saturated heterocycles. The second-order valence-corrected chi connectivity index (χ2v) is 3.65. The normalized spacial score (nSPS) is 10.6. The molecule has 2 rings (SSSR count). The van der Waals surface area contributed by atoms with Crippen LogP contribution < -0.4 is 0 Å². The van der Waals surface area contributed by atoms with Crippen molar-refractivity contribution in [2.45, 2.75) is 4.90 Å². The maximum Gasteiger partial charge on any atom is 0.354 e. The van der Waals surface area contributed by atoms with Crippen LogP contribution in [0.4, 0.5) is 3.89 Å². The Bertz CT molecular complexity index is 573. The third kappa shape index (κ3) is 1.67. The highest BCUT2D eigenvalue weighted by molar-refractivity contribution is 7.94. The van der Waals surface area contributed by atoms with Gasteiger partial charge in [0.2, 0.25) is 0 Å². The molecule has 1 aromatic carbocycles. The lowest BCUT2D eigenvalue weighted by Crippen LogP contribution is -2.00. The van der Waals surface area contributed by atoms with Gasteiger partial charge in [0.15, 0.2) is 5.69 Å². The molecule has 0 spiro atoms. The Balaban J connectivity index is 2.80. The molecular weight excluding hydrogens is 233 g/mol. The number of aromatic nitrogens is 1. The lowest BCUT2D eigenvalue weighted by Gasteiger charge is -2.04. The highest BCUT2D eigenvalue weighted by atomic mass is 32.2. The van der Waals surface area contributed by atoms with Crippen LogP contribution >= 0.6 is 12.1 Å². The largest absolute Gasteiger partial charge is 0.507 e. The van der Waals surface area contributed by atoms with Crippen LogP contribution in [0, 0.1) is 0 Å². The average molecular weight is 239 g/mol. The first-order chi connectivity index (χ1) is 7.63. The summed E-state index contributed by atoms with van der Waals surface area (Å²) in [5.74, 6) is -1.53. The summed E-state index contributed by atoms with van der Waals surface area (Å²) in [6.45, 7) is 0. The molecule has 82 valence electrons. The van der Waals surface area contributed by atoms with Crippen molar-refractivity contribution in [3.63, 3.8) is 0 Å². The number of benzene rings is 1. The zero-order valence-electron chi connectivity index (χ0n) is 7.85. The zero-order chi connectivity index (χ0) is 11.7. The third-order valence-electron chi connectivity index (χ3n) is 2.08. The summed E-state index contributed by atoms with van der Waals surface area (Å²) in [5.41, 5.74) is -0.0222. The summed E-state index contributed by atoms with van der Waals surface area (Å²) in [4.78, 5) is 14.7. The number of hydrogen-bond donors (Lipinski definition) is 2. The molecule has 6 heteroatoms. The van der Waals surface area contributed by atoms with Crippen molar-refractivity contribution in [3.8, 4) is 5.75 Å². The molecule has 16 heavy (non-hydrogen) atoms. The van der Waals surface area contributed by atoms with Gasteiger partial charge in [-0.1, -0.05) is 6.07 Å². The van der Waals surface area contributed by atoms with E-state index in [1.807, 2.05) is 0 Å². The predicted octanol–water partition coefficient (Wildman–Crippen LogP) is 2.62. The number of nitrogens with zero attached hydrogens (tertiary/aromatic N) is 1. The zero-order valence-corrected chi connectivity index (χ0v) is 8.66. The Morgan fingerprint density at radius 2 is 2.19 bits per heavy atom. The molecule has 0 unspecified atom stereocenters. The van der Waals surface area contributed by atoms with Crippen molar-refractivity contribution in [2.24, 2.45) is 0 Å². The van der Waals surface area contributed by atoms with E-state index in [1.165, 1.54) is 12.1 Å². The van der Waals surface area contributed by atoms with Gasteiger partial charge < -0.3 is 10.2 Å². The number of halogens is 1. The number of aromatic hydroxyl groups is 1. The number of pyridine rings is 1. The number of carbonyl (C=O) groups is 1. The van der Waals surface area contributed by atoms with E-state index in [0.717, 1.165) is 6.07 Å². The van der Waals surface area contributed by atoms with Gasteiger partial charge in [-0.3, -0.25) is 0 Å². The topological polar surface area (TPSA) is 70.4 Å². The summed E-state index contributed by atoms with van der Waals surface area (Å²) in [6.07, 6.45) is 0. The number of fused-ring (bicyclic) bond motifs is 1. The first-order valence-electron chi connectivity index (χ1n) is 4.28. The minimum Gasteiger partial charge on any atom is -0.507 e. The molecular formula is C10H6FNO3S. The molecule has 0 radical (unpaired) electrons. The molecule has 1 aromatic heterocycles. The second kappa shape index (κ2) is 3.97. The molecule has 0 aliphatic rings. The quantitative estimate of drug-likeness (QED) is 0.842. The highest BCUT2D eigenvalue weighted by Gasteiger charge is 2.13. The molecule has 2 N–H and O–H groups in total. The van der Waals surface area contributed by atoms with Gasteiger partial charge in [0.25, 0.3) is 0 Å². The molecule has 0 aliphatic heterocycles. The van der Waals surface area contributed by atoms with Gasteiger partial charge in [0.1, 0.15) is 5.75 Å². The van der Waals surface area contributed by atoms with E-state index in [2.05, 4.69) is 4.98 Å². The van der Waals surface area contributed by atoms with E-state index in [-0.39, 0.29) is 39.4 Å². The summed E-state index contributed by atoms with van der Waals surface area (Å²) in [5, 5.41) is 18.6. The highest BCUT2D eigenvalue weighted by Crippen LogP contribution is 2.34. The maximum absolute atomic E-state index is 12.6. The van der Waals surface area contributed by atoms with Crippen LogP contribution in [0.1, 0.15) is 10.5 Å². The van der Waals surface area contributed by atoms with Crippen molar-refractivity contribution < 1.29 is 18.9 Å². The second-order valence-electron chi connectivity index (χ2n) is 3.06. The number of carboxylic acids is 1. The Morgan fingerprint density at radius 3 is 2.81 bits per heavy atom. The van der Waals surface area contributed by atoms with Crippen LogP contribution in [0.3, 0.4) is 0 Å². The van der Waals surface area contributed by atoms with Gasteiger partial charge in [-0.25, -0.2) is 9.78 Å². The standard InChI is InChI=1S/C10H6FNO3S/c11-16-8-3-1-2-5-9(8)7(13)4-6(12-5)10(14)15/h1-4H,(H,12,13)(H,14,15). The van der Waals surface area contributed by atoms with E-state index in [0.29, 0.717) is 0 Å². The van der Waals surface area contributed by atoms with Gasteiger partial charge in [-0.05, 0) is 12.1 Å². The number of carboxylic acid groups (broad SMARTS) is 1. The van der Waals surface area contributed by atoms with E-state index in [1.54, 1.807) is 6.07 Å². The summed E-state index contributed by atoms with van der Waals surface area (Å²) < 4.78 is 12.6. The molecule has 0 bridgehead atoms. The summed E-state index contributed by atoms with van der Waals surface area (Å²) >= 11 is -0.0207. The van der Waals surface area contributed by atoms with Crippen molar-refractivity contribution in [3.05, 3.63) is 30.0 Å². The van der Waals surface area contributed by atoms with E-state index in [9.17, 15) is 13.8 Å². The summed E-state index contributed by atoms with van der Waals surface area (Å²) in [6, 6.07) is 5.54. The first kappa shape index (κ1) is 10.7. The fourth-order valence-corrected chi connectivity index (χ4v) is 1.82. The van der Waals surface area contributed by atoms with Crippen LogP contribution in [-0.4, -0.2) is 21.2 Å². The molecule has 0 atom stereocenters. The Labute approximate surface area is 94.0 Å². The van der Waals surface area contributed by atoms with Crippen molar-refractivity contribution >= 4 is 29.0 Å². The van der Waals surface area contributed by atoms with Crippen LogP contribution in [0.15, 0.2) is 29.2 Å². The minimum absolute atomic E-state index is 0.0207. The molecule has 0 amide bonds. The molecule has 4 nitrogen and oxygen atoms in total. The maximum atomic E-state index is 12.6. The smallest absolute Gasteiger partial charge is 0.354 e. The Hall–Kier alpha value is -1.82. The number of rotatable bonds is 2. The van der Waals surface area contributed by atoms with Gasteiger partial charge in [0, 0.05) is 6.07 Å². The fourth-order valence-electron chi connectivity index (χ4n) is 1.41. The molecule has 2 aromatic rings. The van der Waals surface area contributed by atoms with Crippen LogP contribution in [0.25, 0.3) is 10.9 Å². The average Bonchev–Trinajstić information content (AvgIpc) is 2.27. The summed E-state index contributed by atoms with van der Waals surface area (Å²) in [7, 11) is 0. The lowest BCUT2D eigenvalue weighted by molar-refractivity contribution is 0.0690. The van der Waals surface area contributed by atoms with E-state index >= 15 is 0 Å². The predicted molar refractivity (Wildman–Crippen MR) is 57.3 cm³/mol. The molecule has 0 aliphatic carbocycles. The Kier molecular flexibility index (Phi) is 2.66. The van der Waals surface area contributed by atoms with Gasteiger partial charge in [-0.15, -0.1) is 0 Å². The van der Waals surface area contributed by atoms with Crippen molar-refractivity contribution in [1.82, 2.24) is 4.98 Å². The third-order valence-corrected chi connectivity index (χ3v) is 2.58. The van der Waals surface area contributed by atoms with Crippen LogP contribution in [-0.2, 0) is 0 Å². The minimum atomic E-state index is -1.24. The van der Waals surface area contributed by atoms with Crippen LogP contribution in [0.5, 0.6) is 5.75 Å². The first-order valence-corrected chi connectivity index (χ1v) is 5.00. The van der Waals surface area contributed by atoms with E-state index in [4.69, 9.17) is 5.11 Å². The Morgan fingerprint density at radius 1 is 1.44 bits per heavy atom. The van der Waals surface area contributed by atoms with Gasteiger partial charge >= 0.3 is 5.97 Å². The monoisotopic (exact) mass is 239 g/mol. The van der Waals surface area contributed by atoms with Crippen molar-refractivity contribution in [1.29, 1.82) is 0 Å². The lowest BCUT2D eigenvalue weighted by atomic mass is 10.2. The number of hydrogen-bond acceptors (Lipinski definition) is 4. The molecule has 1 heterocycles. The van der Waals surface area contributed by atoms with Crippen LogP contribution in [0.2, 0.25) is 0 Å². The number of aromatic carboxylic acids is 1. The van der Waals surface area contributed by atoms with Crippen molar-refractivity contribution in [2.75, 3.05) is 0 Å².